The fourth-order valence-corrected chi connectivity index (χ4v) is 2.06. The Kier molecular flexibility index (Phi) is 4.68. The Morgan fingerprint density at radius 1 is 1.26 bits per heavy atom. The fourth-order valence-electron chi connectivity index (χ4n) is 1.66. The molecule has 4 heteroatoms. The minimum Gasteiger partial charge on any atom is -0.438 e. The third-order valence-electron chi connectivity index (χ3n) is 2.51. The first-order valence-corrected chi connectivity index (χ1v) is 6.95. The fraction of sp³-hybridized carbons (Fsp3) is 0.200. The van der Waals surface area contributed by atoms with Crippen LogP contribution in [0.4, 0.5) is 0 Å². The molecule has 0 unspecified atom stereocenters. The summed E-state index contributed by atoms with van der Waals surface area (Å²) in [5.74, 6) is 2.09. The third-order valence-corrected chi connectivity index (χ3v) is 2.92. The Morgan fingerprint density at radius 2 is 2.05 bits per heavy atom. The van der Waals surface area contributed by atoms with Crippen LogP contribution in [0, 0.1) is 0 Å². The third kappa shape index (κ3) is 3.64. The van der Waals surface area contributed by atoms with E-state index in [1.165, 1.54) is 0 Å². The van der Waals surface area contributed by atoms with Gasteiger partial charge in [-0.1, -0.05) is 37.3 Å². The summed E-state index contributed by atoms with van der Waals surface area (Å²) in [7, 11) is 0. The molecule has 0 bridgehead atoms. The second-order valence-corrected chi connectivity index (χ2v) is 4.75. The van der Waals surface area contributed by atoms with Crippen molar-refractivity contribution in [3.8, 4) is 11.6 Å². The van der Waals surface area contributed by atoms with Crippen molar-refractivity contribution < 1.29 is 4.74 Å². The molecule has 0 spiro atoms. The number of ether oxygens (including phenoxy) is 1. The van der Waals surface area contributed by atoms with Gasteiger partial charge in [0.05, 0.1) is 0 Å². The molecule has 1 aromatic carbocycles. The second kappa shape index (κ2) is 6.48. The van der Waals surface area contributed by atoms with E-state index in [1.807, 2.05) is 50.3 Å². The zero-order valence-electron chi connectivity index (χ0n) is 10.9. The van der Waals surface area contributed by atoms with E-state index in [1.54, 1.807) is 6.07 Å². The maximum absolute atomic E-state index is 5.85. The number of allylic oxidation sites excluding steroid dienone is 1. The number of para-hydroxylation sites is 1. The SMILES string of the molecule is C/C=C/c1ccccc1Oc1cc(Br)nc(CC)n1. The molecule has 98 valence electrons. The van der Waals surface area contributed by atoms with Crippen molar-refractivity contribution in [3.05, 3.63) is 52.4 Å². The maximum atomic E-state index is 5.85. The average Bonchev–Trinajstić information content (AvgIpc) is 2.40. The van der Waals surface area contributed by atoms with E-state index < -0.39 is 0 Å². The van der Waals surface area contributed by atoms with Crippen LogP contribution in [0.3, 0.4) is 0 Å². The first-order chi connectivity index (χ1) is 9.22. The molecule has 0 amide bonds. The minimum atomic E-state index is 0.552. The number of halogens is 1. The van der Waals surface area contributed by atoms with Crippen LogP contribution in [-0.2, 0) is 6.42 Å². The topological polar surface area (TPSA) is 35.0 Å². The Bertz CT molecular complexity index is 596. The van der Waals surface area contributed by atoms with Gasteiger partial charge in [-0.3, -0.25) is 0 Å². The van der Waals surface area contributed by atoms with E-state index in [4.69, 9.17) is 4.74 Å². The van der Waals surface area contributed by atoms with E-state index in [0.29, 0.717) is 5.88 Å². The summed E-state index contributed by atoms with van der Waals surface area (Å²) in [6.07, 6.45) is 4.76. The molecule has 19 heavy (non-hydrogen) atoms. The van der Waals surface area contributed by atoms with Gasteiger partial charge in [0.25, 0.3) is 0 Å². The van der Waals surface area contributed by atoms with Gasteiger partial charge in [-0.2, -0.15) is 4.98 Å². The maximum Gasteiger partial charge on any atom is 0.223 e. The van der Waals surface area contributed by atoms with E-state index in [2.05, 4.69) is 25.9 Å². The quantitative estimate of drug-likeness (QED) is 0.771. The Labute approximate surface area is 121 Å². The van der Waals surface area contributed by atoms with Gasteiger partial charge in [0.2, 0.25) is 5.88 Å². The van der Waals surface area contributed by atoms with Crippen molar-refractivity contribution in [3.63, 3.8) is 0 Å². The number of nitrogens with zero attached hydrogens (tertiary/aromatic N) is 2. The van der Waals surface area contributed by atoms with Gasteiger partial charge in [0, 0.05) is 18.1 Å². The molecule has 2 aromatic rings. The first kappa shape index (κ1) is 13.7. The van der Waals surface area contributed by atoms with Crippen LogP contribution in [-0.4, -0.2) is 9.97 Å². The molecule has 1 aromatic heterocycles. The van der Waals surface area contributed by atoms with Crippen LogP contribution in [0.1, 0.15) is 25.2 Å². The van der Waals surface area contributed by atoms with Gasteiger partial charge in [-0.25, -0.2) is 4.98 Å². The Balaban J connectivity index is 2.33. The van der Waals surface area contributed by atoms with E-state index in [9.17, 15) is 0 Å². The van der Waals surface area contributed by atoms with Crippen molar-refractivity contribution in [2.45, 2.75) is 20.3 Å². The van der Waals surface area contributed by atoms with Crippen LogP contribution >= 0.6 is 15.9 Å². The lowest BCUT2D eigenvalue weighted by Crippen LogP contribution is -1.97. The lowest BCUT2D eigenvalue weighted by atomic mass is 10.2. The van der Waals surface area contributed by atoms with Gasteiger partial charge >= 0.3 is 0 Å². The number of hydrogen-bond acceptors (Lipinski definition) is 3. The number of rotatable bonds is 4. The summed E-state index contributed by atoms with van der Waals surface area (Å²) in [5, 5.41) is 0. The molecular weight excluding hydrogens is 304 g/mol. The lowest BCUT2D eigenvalue weighted by Gasteiger charge is -2.09. The van der Waals surface area contributed by atoms with Crippen LogP contribution in [0.2, 0.25) is 0 Å². The number of hydrogen-bond donors (Lipinski definition) is 0. The largest absolute Gasteiger partial charge is 0.438 e. The lowest BCUT2D eigenvalue weighted by molar-refractivity contribution is 0.457. The smallest absolute Gasteiger partial charge is 0.223 e. The van der Waals surface area contributed by atoms with Crippen LogP contribution in [0.15, 0.2) is 41.0 Å². The van der Waals surface area contributed by atoms with Crippen LogP contribution < -0.4 is 4.74 Å². The number of aryl methyl sites for hydroxylation is 1. The number of benzene rings is 1. The van der Waals surface area contributed by atoms with Crippen LogP contribution in [0.25, 0.3) is 6.08 Å². The zero-order valence-corrected chi connectivity index (χ0v) is 12.5. The molecule has 0 aliphatic carbocycles. The highest BCUT2D eigenvalue weighted by Gasteiger charge is 2.06. The molecule has 0 atom stereocenters. The van der Waals surface area contributed by atoms with Crippen molar-refractivity contribution in [2.75, 3.05) is 0 Å². The highest BCUT2D eigenvalue weighted by Crippen LogP contribution is 2.26. The molecule has 0 N–H and O–H groups in total. The average molecular weight is 319 g/mol. The molecule has 0 fully saturated rings. The summed E-state index contributed by atoms with van der Waals surface area (Å²) in [6, 6.07) is 9.63. The van der Waals surface area contributed by atoms with E-state index in [0.717, 1.165) is 28.2 Å². The predicted octanol–water partition coefficient (Wildman–Crippen LogP) is 4.63. The molecule has 0 radical (unpaired) electrons. The highest BCUT2D eigenvalue weighted by molar-refractivity contribution is 9.10. The zero-order chi connectivity index (χ0) is 13.7. The molecule has 0 saturated heterocycles. The first-order valence-electron chi connectivity index (χ1n) is 6.16. The standard InChI is InChI=1S/C15H15BrN2O/c1-3-7-11-8-5-6-9-12(11)19-15-10-13(16)17-14(4-2)18-15/h3,5-10H,4H2,1-2H3/b7-3+. The minimum absolute atomic E-state index is 0.552. The van der Waals surface area contributed by atoms with E-state index >= 15 is 0 Å². The molecule has 1 heterocycles. The molecule has 0 aliphatic heterocycles. The Hall–Kier alpha value is -1.68. The second-order valence-electron chi connectivity index (χ2n) is 3.94. The molecule has 0 aliphatic rings. The molecule has 0 saturated carbocycles. The summed E-state index contributed by atoms with van der Waals surface area (Å²) < 4.78 is 6.59. The normalized spacial score (nSPS) is 10.9. The monoisotopic (exact) mass is 318 g/mol. The molecule has 3 nitrogen and oxygen atoms in total. The summed E-state index contributed by atoms with van der Waals surface area (Å²) in [5.41, 5.74) is 1.03. The predicted molar refractivity (Wildman–Crippen MR) is 80.3 cm³/mol. The van der Waals surface area contributed by atoms with Gasteiger partial charge in [0.15, 0.2) is 0 Å². The molecule has 2 rings (SSSR count). The van der Waals surface area contributed by atoms with Gasteiger partial charge < -0.3 is 4.74 Å². The van der Waals surface area contributed by atoms with E-state index in [-0.39, 0.29) is 0 Å². The van der Waals surface area contributed by atoms with Crippen molar-refractivity contribution in [1.82, 2.24) is 9.97 Å². The van der Waals surface area contributed by atoms with Gasteiger partial charge in [-0.15, -0.1) is 0 Å². The van der Waals surface area contributed by atoms with Crippen molar-refractivity contribution in [2.24, 2.45) is 0 Å². The van der Waals surface area contributed by atoms with Crippen molar-refractivity contribution >= 4 is 22.0 Å². The van der Waals surface area contributed by atoms with Gasteiger partial charge in [-0.05, 0) is 28.9 Å². The summed E-state index contributed by atoms with van der Waals surface area (Å²) >= 11 is 3.37. The molecular formula is C15H15BrN2O. The van der Waals surface area contributed by atoms with Crippen LogP contribution in [0.5, 0.6) is 11.6 Å². The summed E-state index contributed by atoms with van der Waals surface area (Å²) in [4.78, 5) is 8.63. The number of aromatic nitrogens is 2. The summed E-state index contributed by atoms with van der Waals surface area (Å²) in [6.45, 7) is 3.99. The van der Waals surface area contributed by atoms with Gasteiger partial charge in [0.1, 0.15) is 16.2 Å². The van der Waals surface area contributed by atoms with Crippen molar-refractivity contribution in [1.29, 1.82) is 0 Å². The highest BCUT2D eigenvalue weighted by atomic mass is 79.9. The Morgan fingerprint density at radius 3 is 2.79 bits per heavy atom.